The number of hydrogen-bond acceptors (Lipinski definition) is 4. The predicted octanol–water partition coefficient (Wildman–Crippen LogP) is 3.35. The van der Waals surface area contributed by atoms with Gasteiger partial charge in [-0.15, -0.1) is 0 Å². The summed E-state index contributed by atoms with van der Waals surface area (Å²) < 4.78 is 19.0. The summed E-state index contributed by atoms with van der Waals surface area (Å²) in [5.74, 6) is 1.88. The Labute approximate surface area is 152 Å². The van der Waals surface area contributed by atoms with Crippen molar-refractivity contribution in [3.8, 4) is 11.5 Å². The van der Waals surface area contributed by atoms with Crippen molar-refractivity contribution in [1.82, 2.24) is 4.90 Å². The molecule has 1 heterocycles. The van der Waals surface area contributed by atoms with Crippen molar-refractivity contribution in [2.24, 2.45) is 11.8 Å². The zero-order valence-corrected chi connectivity index (χ0v) is 14.6. The average Bonchev–Trinajstić information content (AvgIpc) is 3.15. The van der Waals surface area contributed by atoms with Gasteiger partial charge >= 0.3 is 0 Å². The lowest BCUT2D eigenvalue weighted by atomic mass is 10.0. The third kappa shape index (κ3) is 3.84. The molecule has 0 bridgehead atoms. The molecule has 0 spiro atoms. The Morgan fingerprint density at radius 2 is 1.62 bits per heavy atom. The van der Waals surface area contributed by atoms with Gasteiger partial charge in [-0.2, -0.15) is 0 Å². The number of nitrogens with zero attached hydrogens (tertiary/aromatic N) is 1. The Morgan fingerprint density at radius 3 is 2.23 bits per heavy atom. The molecule has 2 N–H and O–H groups in total. The van der Waals surface area contributed by atoms with Crippen LogP contribution in [-0.4, -0.2) is 40.9 Å². The van der Waals surface area contributed by atoms with Crippen molar-refractivity contribution >= 4 is 0 Å². The zero-order chi connectivity index (χ0) is 18.1. The Kier molecular flexibility index (Phi) is 4.83. The van der Waals surface area contributed by atoms with E-state index in [2.05, 4.69) is 4.90 Å². The molecule has 1 unspecified atom stereocenters. The van der Waals surface area contributed by atoms with Crippen LogP contribution in [0.15, 0.2) is 48.5 Å². The van der Waals surface area contributed by atoms with E-state index in [0.717, 1.165) is 37.2 Å². The highest BCUT2D eigenvalue weighted by Gasteiger charge is 2.42. The first-order chi connectivity index (χ1) is 12.6. The van der Waals surface area contributed by atoms with Crippen LogP contribution in [0.4, 0.5) is 4.39 Å². The second-order valence-corrected chi connectivity index (χ2v) is 7.51. The maximum absolute atomic E-state index is 13.0. The van der Waals surface area contributed by atoms with Crippen molar-refractivity contribution < 1.29 is 19.3 Å². The minimum atomic E-state index is -0.541. The SMILES string of the molecule is Oc1ccc(C(O)CN2C[C@H]3C[C@H](Oc4ccc(F)cc4)C[C@H]3C2)cc1. The summed E-state index contributed by atoms with van der Waals surface area (Å²) in [6, 6.07) is 13.0. The van der Waals surface area contributed by atoms with E-state index >= 15 is 0 Å². The van der Waals surface area contributed by atoms with Gasteiger partial charge in [0.05, 0.1) is 12.2 Å². The maximum atomic E-state index is 13.0. The van der Waals surface area contributed by atoms with Crippen LogP contribution in [0.5, 0.6) is 11.5 Å². The topological polar surface area (TPSA) is 52.9 Å². The van der Waals surface area contributed by atoms with Crippen molar-refractivity contribution in [3.63, 3.8) is 0 Å². The number of hydrogen-bond donors (Lipinski definition) is 2. The van der Waals surface area contributed by atoms with Crippen molar-refractivity contribution in [2.75, 3.05) is 19.6 Å². The zero-order valence-electron chi connectivity index (χ0n) is 14.6. The summed E-state index contributed by atoms with van der Waals surface area (Å²) in [5, 5.41) is 19.8. The molecule has 1 saturated carbocycles. The molecule has 5 heteroatoms. The highest BCUT2D eigenvalue weighted by molar-refractivity contribution is 5.27. The van der Waals surface area contributed by atoms with Crippen molar-refractivity contribution in [3.05, 3.63) is 59.9 Å². The predicted molar refractivity (Wildman–Crippen MR) is 96.5 cm³/mol. The lowest BCUT2D eigenvalue weighted by Gasteiger charge is -2.22. The van der Waals surface area contributed by atoms with Gasteiger partial charge in [0.25, 0.3) is 0 Å². The Balaban J connectivity index is 1.28. The molecular formula is C21H24FNO3. The molecule has 2 aliphatic rings. The van der Waals surface area contributed by atoms with E-state index in [1.807, 2.05) is 0 Å². The fourth-order valence-corrected chi connectivity index (χ4v) is 4.34. The summed E-state index contributed by atoms with van der Waals surface area (Å²) in [5.41, 5.74) is 0.831. The monoisotopic (exact) mass is 357 g/mol. The van der Waals surface area contributed by atoms with E-state index in [1.54, 1.807) is 36.4 Å². The van der Waals surface area contributed by atoms with Gasteiger partial charge in [0, 0.05) is 19.6 Å². The van der Waals surface area contributed by atoms with E-state index in [4.69, 9.17) is 4.74 Å². The molecule has 2 fully saturated rings. The molecule has 1 saturated heterocycles. The molecule has 138 valence electrons. The molecule has 26 heavy (non-hydrogen) atoms. The summed E-state index contributed by atoms with van der Waals surface area (Å²) in [6.07, 6.45) is 1.67. The fourth-order valence-electron chi connectivity index (χ4n) is 4.34. The standard InChI is InChI=1S/C21H24FNO3/c22-17-3-7-19(8-4-17)26-20-9-15-11-23(12-16(15)10-20)13-21(25)14-1-5-18(24)6-2-14/h1-8,15-16,20-21,24-25H,9-13H2/t15-,16+,20+,21?. The minimum absolute atomic E-state index is 0.194. The molecule has 0 amide bonds. The Bertz CT molecular complexity index is 720. The van der Waals surface area contributed by atoms with Crippen LogP contribution < -0.4 is 4.74 Å². The smallest absolute Gasteiger partial charge is 0.123 e. The maximum Gasteiger partial charge on any atom is 0.123 e. The van der Waals surface area contributed by atoms with Gasteiger partial charge in [0.15, 0.2) is 0 Å². The first-order valence-corrected chi connectivity index (χ1v) is 9.18. The van der Waals surface area contributed by atoms with Crippen LogP contribution in [0, 0.1) is 17.7 Å². The lowest BCUT2D eigenvalue weighted by Crippen LogP contribution is -2.28. The summed E-state index contributed by atoms with van der Waals surface area (Å²) in [7, 11) is 0. The highest BCUT2D eigenvalue weighted by Crippen LogP contribution is 2.40. The number of aromatic hydroxyl groups is 1. The number of benzene rings is 2. The largest absolute Gasteiger partial charge is 0.508 e. The molecule has 4 atom stereocenters. The first-order valence-electron chi connectivity index (χ1n) is 9.18. The Morgan fingerprint density at radius 1 is 1.00 bits per heavy atom. The number of aliphatic hydroxyl groups excluding tert-OH is 1. The molecule has 0 aromatic heterocycles. The number of ether oxygens (including phenoxy) is 1. The Hall–Kier alpha value is -2.11. The minimum Gasteiger partial charge on any atom is -0.508 e. The second-order valence-electron chi connectivity index (χ2n) is 7.51. The quantitative estimate of drug-likeness (QED) is 0.862. The molecule has 4 nitrogen and oxygen atoms in total. The second kappa shape index (κ2) is 7.25. The van der Waals surface area contributed by atoms with Gasteiger partial charge in [0.2, 0.25) is 0 Å². The van der Waals surface area contributed by atoms with E-state index in [1.165, 1.54) is 12.1 Å². The van der Waals surface area contributed by atoms with Crippen LogP contribution >= 0.6 is 0 Å². The number of β-amino-alcohol motifs (C(OH)–C–C–N with tert-alkyl or cyclic N) is 1. The van der Waals surface area contributed by atoms with Crippen molar-refractivity contribution in [1.29, 1.82) is 0 Å². The van der Waals surface area contributed by atoms with Gasteiger partial charge in [0.1, 0.15) is 17.3 Å². The third-order valence-corrected chi connectivity index (χ3v) is 5.61. The average molecular weight is 357 g/mol. The fraction of sp³-hybridized carbons (Fsp3) is 0.429. The number of phenols is 1. The van der Waals surface area contributed by atoms with Crippen LogP contribution in [0.2, 0.25) is 0 Å². The van der Waals surface area contributed by atoms with Gasteiger partial charge < -0.3 is 14.9 Å². The summed E-state index contributed by atoms with van der Waals surface area (Å²) >= 11 is 0. The lowest BCUT2D eigenvalue weighted by molar-refractivity contribution is 0.116. The molecule has 0 radical (unpaired) electrons. The van der Waals surface area contributed by atoms with Crippen LogP contribution in [0.25, 0.3) is 0 Å². The number of halogens is 1. The molecule has 1 aliphatic carbocycles. The first kappa shape index (κ1) is 17.3. The molecule has 4 rings (SSSR count). The third-order valence-electron chi connectivity index (χ3n) is 5.61. The molecule has 1 aliphatic heterocycles. The number of likely N-dealkylation sites (tertiary alicyclic amines) is 1. The van der Waals surface area contributed by atoms with E-state index < -0.39 is 6.10 Å². The molecular weight excluding hydrogens is 333 g/mol. The van der Waals surface area contributed by atoms with Crippen molar-refractivity contribution in [2.45, 2.75) is 25.0 Å². The van der Waals surface area contributed by atoms with Gasteiger partial charge in [-0.3, -0.25) is 4.90 Å². The summed E-state index contributed by atoms with van der Waals surface area (Å²) in [6.45, 7) is 2.56. The number of aliphatic hydroxyl groups is 1. The van der Waals surface area contributed by atoms with Crippen LogP contribution in [0.1, 0.15) is 24.5 Å². The van der Waals surface area contributed by atoms with E-state index in [0.29, 0.717) is 18.4 Å². The van der Waals surface area contributed by atoms with Gasteiger partial charge in [-0.05, 0) is 66.6 Å². The van der Waals surface area contributed by atoms with Crippen LogP contribution in [-0.2, 0) is 0 Å². The van der Waals surface area contributed by atoms with E-state index in [-0.39, 0.29) is 17.7 Å². The molecule has 2 aromatic carbocycles. The number of fused-ring (bicyclic) bond motifs is 1. The van der Waals surface area contributed by atoms with Gasteiger partial charge in [-0.1, -0.05) is 12.1 Å². The number of rotatable bonds is 5. The summed E-state index contributed by atoms with van der Waals surface area (Å²) in [4.78, 5) is 2.32. The van der Waals surface area contributed by atoms with Crippen LogP contribution in [0.3, 0.4) is 0 Å². The molecule has 2 aromatic rings. The van der Waals surface area contributed by atoms with E-state index in [9.17, 15) is 14.6 Å². The van der Waals surface area contributed by atoms with Gasteiger partial charge in [-0.25, -0.2) is 4.39 Å². The highest BCUT2D eigenvalue weighted by atomic mass is 19.1. The number of phenolic OH excluding ortho intramolecular Hbond substituents is 1. The normalized spacial score (nSPS) is 26.6.